The maximum absolute atomic E-state index is 9.19. The van der Waals surface area contributed by atoms with E-state index in [9.17, 15) is 5.11 Å². The highest BCUT2D eigenvalue weighted by atomic mass is 16.3. The van der Waals surface area contributed by atoms with Gasteiger partial charge >= 0.3 is 0 Å². The Morgan fingerprint density at radius 3 is 2.38 bits per heavy atom. The summed E-state index contributed by atoms with van der Waals surface area (Å²) in [6.07, 6.45) is 0. The zero-order valence-corrected chi connectivity index (χ0v) is 12.6. The molecule has 0 bridgehead atoms. The maximum Gasteiger partial charge on any atom is 0.138 e. The molecule has 0 unspecified atom stereocenters. The van der Waals surface area contributed by atoms with Crippen LogP contribution in [0, 0.1) is 0 Å². The summed E-state index contributed by atoms with van der Waals surface area (Å²) in [4.78, 5) is 7.94. The van der Waals surface area contributed by atoms with Gasteiger partial charge in [0.1, 0.15) is 5.82 Å². The minimum Gasteiger partial charge on any atom is -0.392 e. The van der Waals surface area contributed by atoms with Crippen LogP contribution in [0.5, 0.6) is 0 Å². The van der Waals surface area contributed by atoms with Gasteiger partial charge in [0, 0.05) is 5.56 Å². The van der Waals surface area contributed by atoms with E-state index in [2.05, 4.69) is 55.0 Å². The van der Waals surface area contributed by atoms with Crippen LogP contribution in [0.15, 0.2) is 42.5 Å². The van der Waals surface area contributed by atoms with Gasteiger partial charge in [0.05, 0.1) is 17.6 Å². The molecule has 21 heavy (non-hydrogen) atoms. The third-order valence-electron chi connectivity index (χ3n) is 3.75. The topological polar surface area (TPSA) is 48.9 Å². The lowest BCUT2D eigenvalue weighted by atomic mass is 9.87. The number of aliphatic hydroxyl groups is 1. The molecular formula is C18H20N2O. The molecule has 0 saturated heterocycles. The molecule has 0 aliphatic carbocycles. The van der Waals surface area contributed by atoms with Crippen LogP contribution in [-0.4, -0.2) is 15.1 Å². The smallest absolute Gasteiger partial charge is 0.138 e. The molecule has 108 valence electrons. The highest BCUT2D eigenvalue weighted by Crippen LogP contribution is 2.26. The average molecular weight is 280 g/mol. The molecule has 3 aromatic rings. The molecular weight excluding hydrogens is 260 g/mol. The Balaban J connectivity index is 2.00. The molecule has 2 aromatic carbocycles. The summed E-state index contributed by atoms with van der Waals surface area (Å²) >= 11 is 0. The monoisotopic (exact) mass is 280 g/mol. The number of hydrogen-bond donors (Lipinski definition) is 2. The second-order valence-corrected chi connectivity index (χ2v) is 6.42. The highest BCUT2D eigenvalue weighted by molar-refractivity contribution is 5.80. The zero-order chi connectivity index (χ0) is 15.0. The molecule has 2 N–H and O–H groups in total. The summed E-state index contributed by atoms with van der Waals surface area (Å²) in [5.74, 6) is 0.862. The number of benzene rings is 2. The molecule has 1 aromatic heterocycles. The molecule has 0 atom stereocenters. The number of hydrogen-bond acceptors (Lipinski definition) is 2. The van der Waals surface area contributed by atoms with Crippen LogP contribution in [0.3, 0.4) is 0 Å². The molecule has 0 amide bonds. The number of nitrogens with one attached hydrogen (secondary N) is 1. The van der Waals surface area contributed by atoms with Gasteiger partial charge < -0.3 is 10.1 Å². The Morgan fingerprint density at radius 2 is 1.76 bits per heavy atom. The van der Waals surface area contributed by atoms with E-state index in [1.807, 2.05) is 18.2 Å². The molecule has 3 heteroatoms. The van der Waals surface area contributed by atoms with Crippen molar-refractivity contribution >= 4 is 11.0 Å². The van der Waals surface area contributed by atoms with Gasteiger partial charge in [-0.3, -0.25) is 0 Å². The standard InChI is InChI=1S/C18H20N2O/c1-18(2,3)14-7-5-13(6-8-14)17-19-15-9-4-12(11-21)10-16(15)20-17/h4-10,21H,11H2,1-3H3,(H,19,20). The Hall–Kier alpha value is -2.13. The average Bonchev–Trinajstić information content (AvgIpc) is 2.89. The molecule has 0 aliphatic rings. The van der Waals surface area contributed by atoms with E-state index in [0.717, 1.165) is 28.0 Å². The summed E-state index contributed by atoms with van der Waals surface area (Å²) in [6, 6.07) is 14.3. The highest BCUT2D eigenvalue weighted by Gasteiger charge is 2.13. The number of aliphatic hydroxyl groups excluding tert-OH is 1. The van der Waals surface area contributed by atoms with E-state index in [1.54, 1.807) is 0 Å². The fraction of sp³-hybridized carbons (Fsp3) is 0.278. The van der Waals surface area contributed by atoms with Gasteiger partial charge in [0.2, 0.25) is 0 Å². The van der Waals surface area contributed by atoms with E-state index in [4.69, 9.17) is 0 Å². The first kappa shape index (κ1) is 13.8. The first-order chi connectivity index (χ1) is 9.97. The summed E-state index contributed by atoms with van der Waals surface area (Å²) < 4.78 is 0. The van der Waals surface area contributed by atoms with Crippen molar-refractivity contribution in [1.82, 2.24) is 9.97 Å². The molecule has 0 fully saturated rings. The van der Waals surface area contributed by atoms with Crippen molar-refractivity contribution < 1.29 is 5.11 Å². The first-order valence-corrected chi connectivity index (χ1v) is 7.18. The summed E-state index contributed by atoms with van der Waals surface area (Å²) in [6.45, 7) is 6.67. The number of imidazole rings is 1. The lowest BCUT2D eigenvalue weighted by Gasteiger charge is -2.18. The number of H-pyrrole nitrogens is 1. The Kier molecular flexibility index (Phi) is 3.30. The van der Waals surface area contributed by atoms with Gasteiger partial charge in [-0.15, -0.1) is 0 Å². The second kappa shape index (κ2) is 5.01. The van der Waals surface area contributed by atoms with Gasteiger partial charge in [-0.05, 0) is 28.7 Å². The normalized spacial score (nSPS) is 12.0. The first-order valence-electron chi connectivity index (χ1n) is 7.18. The van der Waals surface area contributed by atoms with Crippen molar-refractivity contribution in [3.8, 4) is 11.4 Å². The Morgan fingerprint density at radius 1 is 1.05 bits per heavy atom. The van der Waals surface area contributed by atoms with Crippen LogP contribution < -0.4 is 0 Å². The van der Waals surface area contributed by atoms with E-state index < -0.39 is 0 Å². The maximum atomic E-state index is 9.19. The number of aromatic nitrogens is 2. The van der Waals surface area contributed by atoms with Crippen LogP contribution in [0.2, 0.25) is 0 Å². The lowest BCUT2D eigenvalue weighted by molar-refractivity contribution is 0.282. The zero-order valence-electron chi connectivity index (χ0n) is 12.6. The fourth-order valence-corrected chi connectivity index (χ4v) is 2.42. The minimum absolute atomic E-state index is 0.0462. The van der Waals surface area contributed by atoms with Gasteiger partial charge in [0.15, 0.2) is 0 Å². The van der Waals surface area contributed by atoms with Crippen molar-refractivity contribution in [2.75, 3.05) is 0 Å². The predicted octanol–water partition coefficient (Wildman–Crippen LogP) is 4.02. The lowest BCUT2D eigenvalue weighted by Crippen LogP contribution is -2.10. The number of rotatable bonds is 2. The third-order valence-corrected chi connectivity index (χ3v) is 3.75. The van der Waals surface area contributed by atoms with Crippen molar-refractivity contribution in [1.29, 1.82) is 0 Å². The number of fused-ring (bicyclic) bond motifs is 1. The molecule has 3 nitrogen and oxygen atoms in total. The van der Waals surface area contributed by atoms with Crippen molar-refractivity contribution in [3.05, 3.63) is 53.6 Å². The second-order valence-electron chi connectivity index (χ2n) is 6.42. The fourth-order valence-electron chi connectivity index (χ4n) is 2.42. The van der Waals surface area contributed by atoms with E-state index in [-0.39, 0.29) is 12.0 Å². The molecule has 0 saturated carbocycles. The van der Waals surface area contributed by atoms with Crippen LogP contribution in [-0.2, 0) is 12.0 Å². The molecule has 0 aliphatic heterocycles. The third kappa shape index (κ3) is 2.69. The van der Waals surface area contributed by atoms with Gasteiger partial charge in [0.25, 0.3) is 0 Å². The van der Waals surface area contributed by atoms with Crippen molar-refractivity contribution in [2.24, 2.45) is 0 Å². The van der Waals surface area contributed by atoms with Gasteiger partial charge in [-0.25, -0.2) is 4.98 Å². The minimum atomic E-state index is 0.0462. The van der Waals surface area contributed by atoms with Crippen molar-refractivity contribution in [2.45, 2.75) is 32.8 Å². The largest absolute Gasteiger partial charge is 0.392 e. The summed E-state index contributed by atoms with van der Waals surface area (Å²) in [5.41, 5.74) is 5.30. The number of nitrogens with zero attached hydrogens (tertiary/aromatic N) is 1. The molecule has 3 rings (SSSR count). The van der Waals surface area contributed by atoms with Crippen LogP contribution in [0.25, 0.3) is 22.4 Å². The van der Waals surface area contributed by atoms with Crippen molar-refractivity contribution in [3.63, 3.8) is 0 Å². The van der Waals surface area contributed by atoms with E-state index in [1.165, 1.54) is 5.56 Å². The van der Waals surface area contributed by atoms with Crippen LogP contribution >= 0.6 is 0 Å². The molecule has 0 radical (unpaired) electrons. The van der Waals surface area contributed by atoms with E-state index >= 15 is 0 Å². The quantitative estimate of drug-likeness (QED) is 0.745. The molecule has 1 heterocycles. The van der Waals surface area contributed by atoms with Crippen LogP contribution in [0.1, 0.15) is 31.9 Å². The summed E-state index contributed by atoms with van der Waals surface area (Å²) in [5, 5.41) is 9.19. The predicted molar refractivity (Wildman–Crippen MR) is 86.2 cm³/mol. The van der Waals surface area contributed by atoms with Gasteiger partial charge in [-0.2, -0.15) is 0 Å². The SMILES string of the molecule is CC(C)(C)c1ccc(-c2nc3ccc(CO)cc3[nH]2)cc1. The Labute approximate surface area is 124 Å². The molecule has 0 spiro atoms. The van der Waals surface area contributed by atoms with Gasteiger partial charge in [-0.1, -0.05) is 51.1 Å². The van der Waals surface area contributed by atoms with Crippen LogP contribution in [0.4, 0.5) is 0 Å². The Bertz CT molecular complexity index is 764. The van der Waals surface area contributed by atoms with E-state index in [0.29, 0.717) is 0 Å². The summed E-state index contributed by atoms with van der Waals surface area (Å²) in [7, 11) is 0. The number of aromatic amines is 1.